The molecule has 5 heteroatoms. The van der Waals surface area contributed by atoms with Crippen LogP contribution in [0, 0.1) is 5.82 Å². The Morgan fingerprint density at radius 3 is 2.95 bits per heavy atom. The minimum absolute atomic E-state index is 0.190. The van der Waals surface area contributed by atoms with Crippen LogP contribution in [0.25, 0.3) is 10.8 Å². The largest absolute Gasteiger partial charge is 0.444 e. The van der Waals surface area contributed by atoms with Gasteiger partial charge in [-0.15, -0.1) is 11.3 Å². The first-order chi connectivity index (χ1) is 9.81. The van der Waals surface area contributed by atoms with Gasteiger partial charge in [0.15, 0.2) is 0 Å². The molecule has 2 aromatic heterocycles. The SMILES string of the molecule is Fc1cccc(CSCc2coc(-c3cccs3)n2)c1. The maximum atomic E-state index is 13.0. The van der Waals surface area contributed by atoms with Gasteiger partial charge in [0.2, 0.25) is 5.89 Å². The summed E-state index contributed by atoms with van der Waals surface area (Å²) in [5.41, 5.74) is 1.90. The average Bonchev–Trinajstić information content (AvgIpc) is 3.09. The molecule has 0 bridgehead atoms. The zero-order valence-corrected chi connectivity index (χ0v) is 12.2. The highest BCUT2D eigenvalue weighted by atomic mass is 32.2. The third-order valence-corrected chi connectivity index (χ3v) is 4.59. The van der Waals surface area contributed by atoms with E-state index in [2.05, 4.69) is 4.98 Å². The van der Waals surface area contributed by atoms with Crippen molar-refractivity contribution in [3.63, 3.8) is 0 Å². The van der Waals surface area contributed by atoms with Crippen LogP contribution < -0.4 is 0 Å². The lowest BCUT2D eigenvalue weighted by atomic mass is 10.2. The molecule has 0 atom stereocenters. The summed E-state index contributed by atoms with van der Waals surface area (Å²) in [6, 6.07) is 10.6. The van der Waals surface area contributed by atoms with E-state index in [1.165, 1.54) is 6.07 Å². The molecule has 0 fully saturated rings. The second kappa shape index (κ2) is 6.24. The molecule has 3 rings (SSSR count). The van der Waals surface area contributed by atoms with Crippen LogP contribution in [0.1, 0.15) is 11.3 Å². The van der Waals surface area contributed by atoms with Gasteiger partial charge in [-0.05, 0) is 29.1 Å². The van der Waals surface area contributed by atoms with Crippen LogP contribution in [0.3, 0.4) is 0 Å². The maximum Gasteiger partial charge on any atom is 0.236 e. The molecule has 1 aromatic carbocycles. The summed E-state index contributed by atoms with van der Waals surface area (Å²) in [6.07, 6.45) is 1.69. The normalized spacial score (nSPS) is 10.8. The highest BCUT2D eigenvalue weighted by Crippen LogP contribution is 2.25. The maximum absolute atomic E-state index is 13.0. The van der Waals surface area contributed by atoms with E-state index in [1.54, 1.807) is 41.5 Å². The summed E-state index contributed by atoms with van der Waals surface area (Å²) in [6.45, 7) is 0. The minimum Gasteiger partial charge on any atom is -0.444 e. The van der Waals surface area contributed by atoms with Crippen LogP contribution in [-0.2, 0) is 11.5 Å². The van der Waals surface area contributed by atoms with E-state index in [0.717, 1.165) is 27.6 Å². The highest BCUT2D eigenvalue weighted by molar-refractivity contribution is 7.97. The Bertz CT molecular complexity index is 679. The second-order valence-corrected chi connectivity index (χ2v) is 6.18. The van der Waals surface area contributed by atoms with E-state index in [4.69, 9.17) is 4.42 Å². The van der Waals surface area contributed by atoms with Gasteiger partial charge in [-0.3, -0.25) is 0 Å². The molecule has 0 aliphatic carbocycles. The van der Waals surface area contributed by atoms with Crippen LogP contribution >= 0.6 is 23.1 Å². The zero-order chi connectivity index (χ0) is 13.8. The third-order valence-electron chi connectivity index (χ3n) is 2.69. The summed E-state index contributed by atoms with van der Waals surface area (Å²) in [5, 5.41) is 2.00. The molecule has 0 aliphatic rings. The van der Waals surface area contributed by atoms with Crippen molar-refractivity contribution in [2.24, 2.45) is 0 Å². The quantitative estimate of drug-likeness (QED) is 0.665. The molecule has 0 saturated heterocycles. The minimum atomic E-state index is -0.190. The van der Waals surface area contributed by atoms with E-state index in [0.29, 0.717) is 5.89 Å². The van der Waals surface area contributed by atoms with Gasteiger partial charge >= 0.3 is 0 Å². The fourth-order valence-corrected chi connectivity index (χ4v) is 3.30. The van der Waals surface area contributed by atoms with Crippen LogP contribution in [0.2, 0.25) is 0 Å². The zero-order valence-electron chi connectivity index (χ0n) is 10.6. The van der Waals surface area contributed by atoms with Crippen molar-refractivity contribution in [1.29, 1.82) is 0 Å². The van der Waals surface area contributed by atoms with Crippen molar-refractivity contribution in [2.75, 3.05) is 0 Å². The third kappa shape index (κ3) is 3.29. The highest BCUT2D eigenvalue weighted by Gasteiger charge is 2.07. The van der Waals surface area contributed by atoms with Gasteiger partial charge in [-0.25, -0.2) is 9.37 Å². The molecule has 0 spiro atoms. The summed E-state index contributed by atoms with van der Waals surface area (Å²) in [5.74, 6) is 2.00. The van der Waals surface area contributed by atoms with Crippen molar-refractivity contribution < 1.29 is 8.81 Å². The van der Waals surface area contributed by atoms with Gasteiger partial charge in [0, 0.05) is 11.5 Å². The molecule has 2 nitrogen and oxygen atoms in total. The molecule has 2 heterocycles. The lowest BCUT2D eigenvalue weighted by Gasteiger charge is -1.99. The Hall–Kier alpha value is -1.59. The average molecular weight is 305 g/mol. The first kappa shape index (κ1) is 13.4. The van der Waals surface area contributed by atoms with E-state index in [9.17, 15) is 4.39 Å². The number of thiophene rings is 1. The second-order valence-electron chi connectivity index (χ2n) is 4.24. The van der Waals surface area contributed by atoms with Crippen molar-refractivity contribution in [2.45, 2.75) is 11.5 Å². The molecular weight excluding hydrogens is 293 g/mol. The number of hydrogen-bond acceptors (Lipinski definition) is 4. The fourth-order valence-electron chi connectivity index (χ4n) is 1.79. The summed E-state index contributed by atoms with van der Waals surface area (Å²) in [7, 11) is 0. The number of nitrogens with zero attached hydrogens (tertiary/aromatic N) is 1. The van der Waals surface area contributed by atoms with Gasteiger partial charge in [0.25, 0.3) is 0 Å². The predicted molar refractivity (Wildman–Crippen MR) is 81.2 cm³/mol. The van der Waals surface area contributed by atoms with E-state index in [-0.39, 0.29) is 5.82 Å². The molecule has 20 heavy (non-hydrogen) atoms. The van der Waals surface area contributed by atoms with Crippen LogP contribution in [0.4, 0.5) is 4.39 Å². The van der Waals surface area contributed by atoms with Gasteiger partial charge in [-0.1, -0.05) is 18.2 Å². The number of hydrogen-bond donors (Lipinski definition) is 0. The van der Waals surface area contributed by atoms with Gasteiger partial charge in [0.05, 0.1) is 10.6 Å². The Morgan fingerprint density at radius 1 is 1.20 bits per heavy atom. The van der Waals surface area contributed by atoms with E-state index in [1.807, 2.05) is 23.6 Å². The number of thioether (sulfide) groups is 1. The van der Waals surface area contributed by atoms with Gasteiger partial charge < -0.3 is 4.42 Å². The Labute approximate surface area is 124 Å². The molecule has 3 aromatic rings. The van der Waals surface area contributed by atoms with Gasteiger partial charge in [-0.2, -0.15) is 11.8 Å². The van der Waals surface area contributed by atoms with Crippen molar-refractivity contribution in [1.82, 2.24) is 4.98 Å². The number of halogens is 1. The molecule has 0 unspecified atom stereocenters. The fraction of sp³-hybridized carbons (Fsp3) is 0.133. The Balaban J connectivity index is 1.57. The number of aromatic nitrogens is 1. The number of rotatable bonds is 5. The Kier molecular flexibility index (Phi) is 4.18. The van der Waals surface area contributed by atoms with Gasteiger partial charge in [0.1, 0.15) is 12.1 Å². The smallest absolute Gasteiger partial charge is 0.236 e. The summed E-state index contributed by atoms with van der Waals surface area (Å²) >= 11 is 3.30. The summed E-state index contributed by atoms with van der Waals surface area (Å²) < 4.78 is 18.5. The summed E-state index contributed by atoms with van der Waals surface area (Å²) in [4.78, 5) is 5.48. The van der Waals surface area contributed by atoms with E-state index < -0.39 is 0 Å². The molecule has 102 valence electrons. The van der Waals surface area contributed by atoms with Crippen molar-refractivity contribution in [3.8, 4) is 10.8 Å². The molecule has 0 saturated carbocycles. The molecule has 0 N–H and O–H groups in total. The van der Waals surface area contributed by atoms with Crippen LogP contribution in [0.5, 0.6) is 0 Å². The standard InChI is InChI=1S/C15H12FNOS2/c16-12-4-1-3-11(7-12)9-19-10-13-8-18-15(17-13)14-5-2-6-20-14/h1-8H,9-10H2. The topological polar surface area (TPSA) is 26.0 Å². The van der Waals surface area contributed by atoms with Crippen molar-refractivity contribution >= 4 is 23.1 Å². The Morgan fingerprint density at radius 2 is 2.15 bits per heavy atom. The van der Waals surface area contributed by atoms with Crippen LogP contribution in [-0.4, -0.2) is 4.98 Å². The first-order valence-electron chi connectivity index (χ1n) is 6.12. The van der Waals surface area contributed by atoms with E-state index >= 15 is 0 Å². The lowest BCUT2D eigenvalue weighted by Crippen LogP contribution is -1.85. The molecule has 0 radical (unpaired) electrons. The predicted octanol–water partition coefficient (Wildman–Crippen LogP) is 4.98. The molecule has 0 amide bonds. The monoisotopic (exact) mass is 305 g/mol. The number of oxazole rings is 1. The molecular formula is C15H12FNOS2. The lowest BCUT2D eigenvalue weighted by molar-refractivity contribution is 0.575. The molecule has 0 aliphatic heterocycles. The number of benzene rings is 1. The van der Waals surface area contributed by atoms with Crippen molar-refractivity contribution in [3.05, 3.63) is 65.1 Å². The van der Waals surface area contributed by atoms with Crippen LogP contribution in [0.15, 0.2) is 52.5 Å². The first-order valence-corrected chi connectivity index (χ1v) is 8.15.